The molecule has 2 aromatic carbocycles. The maximum Gasteiger partial charge on any atom is 0.418 e. The third-order valence-corrected chi connectivity index (χ3v) is 6.49. The average molecular weight is 559 g/mol. The van der Waals surface area contributed by atoms with Crippen molar-refractivity contribution in [2.75, 3.05) is 5.32 Å². The fraction of sp³-hybridized carbons (Fsp3) is 0.231. The fourth-order valence-electron chi connectivity index (χ4n) is 4.00. The number of alkyl halides is 3. The summed E-state index contributed by atoms with van der Waals surface area (Å²) in [5.74, 6) is -0.0895. The van der Waals surface area contributed by atoms with Gasteiger partial charge in [0.1, 0.15) is 11.3 Å². The number of hydrogen-bond donors (Lipinski definition) is 3. The highest BCUT2D eigenvalue weighted by molar-refractivity contribution is 6.30. The van der Waals surface area contributed by atoms with Crippen LogP contribution in [0.1, 0.15) is 24.1 Å². The van der Waals surface area contributed by atoms with E-state index in [1.807, 2.05) is 11.6 Å². The molecule has 0 aliphatic heterocycles. The number of hydrogen-bond acceptors (Lipinski definition) is 6. The van der Waals surface area contributed by atoms with Gasteiger partial charge >= 0.3 is 12.3 Å². The first-order valence-corrected chi connectivity index (χ1v) is 12.2. The van der Waals surface area contributed by atoms with Crippen molar-refractivity contribution < 1.29 is 27.5 Å². The maximum absolute atomic E-state index is 13.3. The van der Waals surface area contributed by atoms with E-state index in [4.69, 9.17) is 16.3 Å². The highest BCUT2D eigenvalue weighted by Gasteiger charge is 2.51. The van der Waals surface area contributed by atoms with Crippen LogP contribution in [0.3, 0.4) is 0 Å². The van der Waals surface area contributed by atoms with Crippen molar-refractivity contribution in [2.45, 2.75) is 31.1 Å². The van der Waals surface area contributed by atoms with E-state index >= 15 is 0 Å². The van der Waals surface area contributed by atoms with Gasteiger partial charge in [0.15, 0.2) is 0 Å². The van der Waals surface area contributed by atoms with Gasteiger partial charge in [0, 0.05) is 18.1 Å². The lowest BCUT2D eigenvalue weighted by Crippen LogP contribution is -2.49. The van der Waals surface area contributed by atoms with E-state index in [9.17, 15) is 22.8 Å². The molecule has 2 amide bonds. The van der Waals surface area contributed by atoms with Crippen molar-refractivity contribution in [1.82, 2.24) is 25.2 Å². The van der Waals surface area contributed by atoms with Gasteiger partial charge in [-0.25, -0.2) is 9.78 Å². The monoisotopic (exact) mass is 558 g/mol. The Labute approximate surface area is 225 Å². The summed E-state index contributed by atoms with van der Waals surface area (Å²) < 4.78 is 47.2. The summed E-state index contributed by atoms with van der Waals surface area (Å²) in [4.78, 5) is 33.6. The van der Waals surface area contributed by atoms with Crippen LogP contribution < -0.4 is 20.7 Å². The number of benzene rings is 2. The second kappa shape index (κ2) is 10.1. The van der Waals surface area contributed by atoms with E-state index < -0.39 is 23.4 Å². The SMILES string of the molecule is Cn1cnc2cc(OC(=O)NC3(C(=O)NCc4ccc(Nc5ccc(Cl)cc5C(F)(F)F)cn4)CC3)ccc21. The number of carbonyl (C=O) groups is 2. The van der Waals surface area contributed by atoms with Crippen LogP contribution >= 0.6 is 11.6 Å². The van der Waals surface area contributed by atoms with Crippen LogP contribution in [0.2, 0.25) is 5.02 Å². The van der Waals surface area contributed by atoms with Gasteiger partial charge < -0.3 is 25.3 Å². The van der Waals surface area contributed by atoms with Crippen molar-refractivity contribution >= 4 is 46.0 Å². The van der Waals surface area contributed by atoms with Gasteiger partial charge in [-0.2, -0.15) is 13.2 Å². The van der Waals surface area contributed by atoms with Crippen LogP contribution in [0.25, 0.3) is 11.0 Å². The topological polar surface area (TPSA) is 110 Å². The van der Waals surface area contributed by atoms with Crippen molar-refractivity contribution in [2.24, 2.45) is 7.05 Å². The maximum atomic E-state index is 13.3. The molecule has 202 valence electrons. The summed E-state index contributed by atoms with van der Waals surface area (Å²) in [6, 6.07) is 11.6. The third kappa shape index (κ3) is 5.90. The molecule has 5 rings (SSSR count). The molecule has 1 saturated carbocycles. The molecule has 2 heterocycles. The second-order valence-electron chi connectivity index (χ2n) is 9.14. The number of imidazole rings is 1. The zero-order valence-electron chi connectivity index (χ0n) is 20.5. The van der Waals surface area contributed by atoms with Crippen LogP contribution in [0.15, 0.2) is 61.1 Å². The highest BCUT2D eigenvalue weighted by Crippen LogP contribution is 2.38. The Balaban J connectivity index is 1.15. The molecule has 13 heteroatoms. The number of fused-ring (bicyclic) bond motifs is 1. The number of rotatable bonds is 7. The van der Waals surface area contributed by atoms with Crippen LogP contribution in [0.4, 0.5) is 29.3 Å². The smallest absolute Gasteiger partial charge is 0.410 e. The Morgan fingerprint density at radius 1 is 1.10 bits per heavy atom. The lowest BCUT2D eigenvalue weighted by Gasteiger charge is -2.17. The Morgan fingerprint density at radius 2 is 1.90 bits per heavy atom. The van der Waals surface area contributed by atoms with Crippen LogP contribution in [-0.4, -0.2) is 32.1 Å². The number of aromatic nitrogens is 3. The molecule has 4 aromatic rings. The van der Waals surface area contributed by atoms with Crippen molar-refractivity contribution in [1.29, 1.82) is 0 Å². The van der Waals surface area contributed by atoms with Gasteiger partial charge in [-0.15, -0.1) is 0 Å². The Bertz CT molecular complexity index is 1550. The second-order valence-corrected chi connectivity index (χ2v) is 9.57. The molecule has 0 bridgehead atoms. The van der Waals surface area contributed by atoms with Crippen LogP contribution in [0, 0.1) is 0 Å². The normalized spacial score (nSPS) is 14.1. The Morgan fingerprint density at radius 3 is 2.59 bits per heavy atom. The van der Waals surface area contributed by atoms with Crippen LogP contribution in [0.5, 0.6) is 5.75 Å². The summed E-state index contributed by atoms with van der Waals surface area (Å²) in [6.45, 7) is 0.0582. The van der Waals surface area contributed by atoms with E-state index in [0.717, 1.165) is 11.6 Å². The van der Waals surface area contributed by atoms with Gasteiger partial charge in [-0.3, -0.25) is 9.78 Å². The largest absolute Gasteiger partial charge is 0.418 e. The number of ether oxygens (including phenoxy) is 1. The summed E-state index contributed by atoms with van der Waals surface area (Å²) in [5.41, 5.74) is 0.218. The summed E-state index contributed by atoms with van der Waals surface area (Å²) >= 11 is 5.72. The quantitative estimate of drug-likeness (QED) is 0.283. The molecular weight excluding hydrogens is 537 g/mol. The number of aryl methyl sites for hydroxylation is 1. The summed E-state index contributed by atoms with van der Waals surface area (Å²) in [7, 11) is 1.85. The van der Waals surface area contributed by atoms with Gasteiger partial charge in [0.05, 0.1) is 52.7 Å². The number of nitrogens with one attached hydrogen (secondary N) is 3. The molecule has 0 unspecified atom stereocenters. The van der Waals surface area contributed by atoms with Gasteiger partial charge in [-0.05, 0) is 55.3 Å². The molecule has 39 heavy (non-hydrogen) atoms. The zero-order chi connectivity index (χ0) is 27.8. The molecule has 0 radical (unpaired) electrons. The minimum Gasteiger partial charge on any atom is -0.410 e. The molecule has 1 aliphatic carbocycles. The minimum atomic E-state index is -4.59. The number of halogens is 4. The number of pyridine rings is 1. The van der Waals surface area contributed by atoms with E-state index in [1.54, 1.807) is 36.7 Å². The number of carbonyl (C=O) groups excluding carboxylic acids is 2. The molecule has 1 fully saturated rings. The number of amides is 2. The summed E-state index contributed by atoms with van der Waals surface area (Å²) in [6.07, 6.45) is -1.43. The third-order valence-electron chi connectivity index (χ3n) is 6.25. The predicted octanol–water partition coefficient (Wildman–Crippen LogP) is 5.32. The van der Waals surface area contributed by atoms with Crippen molar-refractivity contribution in [3.8, 4) is 5.75 Å². The minimum absolute atomic E-state index is 0.0285. The summed E-state index contributed by atoms with van der Waals surface area (Å²) in [5, 5.41) is 8.03. The molecule has 0 saturated heterocycles. The lowest BCUT2D eigenvalue weighted by molar-refractivity contribution is -0.137. The molecule has 9 nitrogen and oxygen atoms in total. The molecule has 2 aromatic heterocycles. The van der Waals surface area contributed by atoms with Crippen molar-refractivity contribution in [3.63, 3.8) is 0 Å². The van der Waals surface area contributed by atoms with Gasteiger partial charge in [-0.1, -0.05) is 11.6 Å². The van der Waals surface area contributed by atoms with E-state index in [-0.39, 0.29) is 23.2 Å². The molecule has 0 atom stereocenters. The van der Waals surface area contributed by atoms with Gasteiger partial charge in [0.25, 0.3) is 0 Å². The molecular formula is C26H22ClF3N6O3. The first kappa shape index (κ1) is 26.3. The van der Waals surface area contributed by atoms with E-state index in [0.29, 0.717) is 35.5 Å². The number of nitrogens with zero attached hydrogens (tertiary/aromatic N) is 3. The highest BCUT2D eigenvalue weighted by atomic mass is 35.5. The van der Waals surface area contributed by atoms with E-state index in [1.165, 1.54) is 18.3 Å². The average Bonchev–Trinajstić information content (AvgIpc) is 3.58. The first-order chi connectivity index (χ1) is 18.5. The molecule has 3 N–H and O–H groups in total. The molecule has 1 aliphatic rings. The number of anilines is 2. The molecule has 0 spiro atoms. The predicted molar refractivity (Wildman–Crippen MR) is 138 cm³/mol. The standard InChI is InChI=1S/C26H22ClF3N6O3/c1-36-14-33-21-11-18(5-7-22(21)36)39-24(38)35-25(8-9-25)23(37)32-12-16-3-4-17(13-31-16)34-20-6-2-15(27)10-19(20)26(28,29)30/h2-7,10-11,13-14,34H,8-9,12H2,1H3,(H,32,37)(H,35,38). The van der Waals surface area contributed by atoms with Crippen molar-refractivity contribution in [3.05, 3.63) is 77.3 Å². The first-order valence-electron chi connectivity index (χ1n) is 11.8. The van der Waals surface area contributed by atoms with Crippen LogP contribution in [-0.2, 0) is 24.6 Å². The zero-order valence-corrected chi connectivity index (χ0v) is 21.2. The van der Waals surface area contributed by atoms with E-state index in [2.05, 4.69) is 25.9 Å². The lowest BCUT2D eigenvalue weighted by atomic mass is 10.1. The Hall–Kier alpha value is -4.32. The van der Waals surface area contributed by atoms with Gasteiger partial charge in [0.2, 0.25) is 5.91 Å². The fourth-order valence-corrected chi connectivity index (χ4v) is 4.17. The Kier molecular flexibility index (Phi) is 6.81.